The van der Waals surface area contributed by atoms with Crippen LogP contribution in [0.25, 0.3) is 0 Å². The average Bonchev–Trinajstić information content (AvgIpc) is 3.14. The Morgan fingerprint density at radius 1 is 1.25 bits per heavy atom. The van der Waals surface area contributed by atoms with E-state index in [2.05, 4.69) is 42.1 Å². The Morgan fingerprint density at radius 2 is 2.00 bits per heavy atom. The molecule has 0 radical (unpaired) electrons. The van der Waals surface area contributed by atoms with Crippen LogP contribution in [-0.2, 0) is 10.0 Å². The van der Waals surface area contributed by atoms with Crippen molar-refractivity contribution >= 4 is 32.9 Å². The topological polar surface area (TPSA) is 93.6 Å². The lowest BCUT2D eigenvalue weighted by atomic mass is 9.76. The fourth-order valence-corrected chi connectivity index (χ4v) is 5.64. The van der Waals surface area contributed by atoms with Crippen molar-refractivity contribution < 1.29 is 13.5 Å². The quantitative estimate of drug-likeness (QED) is 0.426. The standard InChI is InChI=1S/C20H25N3O3S2/c1-14-11-15(13-20(2,3)12-14)21-22-19(24)16-7-4-5-8-17(16)23-28(25,26)18-9-6-10-27-18/h4-10,13-14,21,23H,11-12H2,1-3H3,(H,22,24)/p-1/t14-/m0/s1. The number of hydrogen-bond donors (Lipinski definition) is 2. The van der Waals surface area contributed by atoms with Gasteiger partial charge in [-0.3, -0.25) is 10.1 Å². The third kappa shape index (κ3) is 4.94. The largest absolute Gasteiger partial charge is 0.857 e. The molecule has 1 aromatic heterocycles. The van der Waals surface area contributed by atoms with Crippen molar-refractivity contribution in [2.24, 2.45) is 16.4 Å². The molecule has 1 atom stereocenters. The summed E-state index contributed by atoms with van der Waals surface area (Å²) in [7, 11) is -3.74. The van der Waals surface area contributed by atoms with Crippen LogP contribution < -0.4 is 15.3 Å². The monoisotopic (exact) mass is 418 g/mol. The van der Waals surface area contributed by atoms with Gasteiger partial charge in [0.1, 0.15) is 4.21 Å². The summed E-state index contributed by atoms with van der Waals surface area (Å²) in [5.41, 5.74) is 4.24. The Bertz CT molecular complexity index is 993. The van der Waals surface area contributed by atoms with Gasteiger partial charge in [-0.15, -0.1) is 11.3 Å². The molecule has 0 saturated carbocycles. The van der Waals surface area contributed by atoms with Gasteiger partial charge in [0.15, 0.2) is 0 Å². The van der Waals surface area contributed by atoms with Crippen LogP contribution in [0, 0.1) is 11.3 Å². The third-order valence-electron chi connectivity index (χ3n) is 4.47. The summed E-state index contributed by atoms with van der Waals surface area (Å²) in [5.74, 6) is -0.0286. The first-order chi connectivity index (χ1) is 13.2. The second kappa shape index (κ2) is 7.97. The summed E-state index contributed by atoms with van der Waals surface area (Å²) < 4.78 is 27.6. The maximum atomic E-state index is 12.6. The van der Waals surface area contributed by atoms with Crippen molar-refractivity contribution in [2.45, 2.75) is 37.8 Å². The van der Waals surface area contributed by atoms with Gasteiger partial charge < -0.3 is 5.11 Å². The number of hydrogen-bond acceptors (Lipinski definition) is 6. The highest BCUT2D eigenvalue weighted by Crippen LogP contribution is 2.35. The van der Waals surface area contributed by atoms with Crippen molar-refractivity contribution in [3.63, 3.8) is 0 Å². The van der Waals surface area contributed by atoms with Crippen molar-refractivity contribution in [1.82, 2.24) is 5.43 Å². The first-order valence-electron chi connectivity index (χ1n) is 9.04. The highest BCUT2D eigenvalue weighted by atomic mass is 32.2. The summed E-state index contributed by atoms with van der Waals surface area (Å²) in [4.78, 5) is 0. The van der Waals surface area contributed by atoms with E-state index in [9.17, 15) is 13.5 Å². The van der Waals surface area contributed by atoms with E-state index < -0.39 is 15.9 Å². The van der Waals surface area contributed by atoms with Crippen LogP contribution in [0.1, 0.15) is 39.2 Å². The van der Waals surface area contributed by atoms with E-state index >= 15 is 0 Å². The van der Waals surface area contributed by atoms with Gasteiger partial charge in [-0.05, 0) is 41.7 Å². The molecule has 2 N–H and O–H groups in total. The number of allylic oxidation sites excluding steroid dienone is 2. The molecule has 8 heteroatoms. The highest BCUT2D eigenvalue weighted by Gasteiger charge is 2.25. The van der Waals surface area contributed by atoms with E-state index in [4.69, 9.17) is 0 Å². The van der Waals surface area contributed by atoms with Gasteiger partial charge in [0.05, 0.1) is 5.69 Å². The summed E-state index contributed by atoms with van der Waals surface area (Å²) in [5, 5.41) is 18.3. The number of benzene rings is 1. The van der Waals surface area contributed by atoms with Crippen LogP contribution in [0.4, 0.5) is 5.69 Å². The Morgan fingerprint density at radius 3 is 2.68 bits per heavy atom. The van der Waals surface area contributed by atoms with Crippen LogP contribution in [0.3, 0.4) is 0 Å². The predicted molar refractivity (Wildman–Crippen MR) is 112 cm³/mol. The molecule has 1 aliphatic carbocycles. The summed E-state index contributed by atoms with van der Waals surface area (Å²) in [6.07, 6.45) is 4.02. The van der Waals surface area contributed by atoms with E-state index in [1.807, 2.05) is 0 Å². The first kappa shape index (κ1) is 20.4. The molecule has 1 aromatic carbocycles. The molecule has 28 heavy (non-hydrogen) atoms. The maximum Gasteiger partial charge on any atom is 0.271 e. The number of thiophene rings is 1. The lowest BCUT2D eigenvalue weighted by Crippen LogP contribution is -2.28. The number of nitrogens with one attached hydrogen (secondary N) is 2. The SMILES string of the molecule is C[C@H]1CC(NN=C([O-])c2ccccc2NS(=O)(=O)c2cccs2)=CC(C)(C)C1. The number of hydrazone groups is 1. The van der Waals surface area contributed by atoms with E-state index in [1.165, 1.54) is 6.07 Å². The van der Waals surface area contributed by atoms with Gasteiger partial charge in [-0.1, -0.05) is 51.1 Å². The van der Waals surface area contributed by atoms with Crippen LogP contribution in [0.5, 0.6) is 0 Å². The molecule has 3 rings (SSSR count). The molecule has 0 fully saturated rings. The van der Waals surface area contributed by atoms with E-state index in [-0.39, 0.29) is 20.9 Å². The number of sulfonamides is 1. The Balaban J connectivity index is 1.82. The lowest BCUT2D eigenvalue weighted by Gasteiger charge is -2.31. The van der Waals surface area contributed by atoms with Crippen molar-refractivity contribution in [1.29, 1.82) is 0 Å². The smallest absolute Gasteiger partial charge is 0.271 e. The molecule has 1 aliphatic rings. The predicted octanol–water partition coefficient (Wildman–Crippen LogP) is 3.50. The highest BCUT2D eigenvalue weighted by molar-refractivity contribution is 7.94. The molecule has 0 aliphatic heterocycles. The fourth-order valence-electron chi connectivity index (χ4n) is 3.57. The fraction of sp³-hybridized carbons (Fsp3) is 0.350. The maximum absolute atomic E-state index is 12.6. The molecule has 0 saturated heterocycles. The van der Waals surface area contributed by atoms with Gasteiger partial charge in [0.25, 0.3) is 10.0 Å². The number of nitrogens with zero attached hydrogens (tertiary/aromatic N) is 1. The molecule has 0 bridgehead atoms. The molecule has 150 valence electrons. The normalized spacial score (nSPS) is 19.8. The molecule has 0 unspecified atom stereocenters. The van der Waals surface area contributed by atoms with Crippen LogP contribution in [0.15, 0.2) is 62.9 Å². The van der Waals surface area contributed by atoms with Crippen LogP contribution in [0.2, 0.25) is 0 Å². The Labute approximate surface area is 170 Å². The Hall–Kier alpha value is -2.32. The van der Waals surface area contributed by atoms with Gasteiger partial charge in [-0.2, -0.15) is 5.10 Å². The van der Waals surface area contributed by atoms with Crippen molar-refractivity contribution in [3.05, 3.63) is 59.1 Å². The van der Waals surface area contributed by atoms with Gasteiger partial charge >= 0.3 is 0 Å². The number of rotatable bonds is 6. The molecule has 1 heterocycles. The van der Waals surface area contributed by atoms with Crippen molar-refractivity contribution in [3.8, 4) is 0 Å². The summed E-state index contributed by atoms with van der Waals surface area (Å²) in [6.45, 7) is 6.48. The second-order valence-corrected chi connectivity index (χ2v) is 10.6. The zero-order valence-electron chi connectivity index (χ0n) is 16.1. The van der Waals surface area contributed by atoms with Gasteiger partial charge in [-0.25, -0.2) is 8.42 Å². The molecule has 6 nitrogen and oxygen atoms in total. The molecular formula is C20H24N3O3S2-. The lowest BCUT2D eigenvalue weighted by molar-refractivity contribution is -0.213. The average molecular weight is 419 g/mol. The minimum atomic E-state index is -3.74. The summed E-state index contributed by atoms with van der Waals surface area (Å²) in [6, 6.07) is 9.64. The van der Waals surface area contributed by atoms with Crippen LogP contribution >= 0.6 is 11.3 Å². The zero-order valence-corrected chi connectivity index (χ0v) is 17.7. The van der Waals surface area contributed by atoms with Crippen LogP contribution in [-0.4, -0.2) is 14.3 Å². The van der Waals surface area contributed by atoms with Gasteiger partial charge in [0.2, 0.25) is 0 Å². The number of para-hydroxylation sites is 1. The van der Waals surface area contributed by atoms with E-state index in [0.717, 1.165) is 29.9 Å². The zero-order chi connectivity index (χ0) is 20.4. The molecular weight excluding hydrogens is 394 g/mol. The number of anilines is 1. The molecule has 0 spiro atoms. The second-order valence-electron chi connectivity index (χ2n) is 7.78. The third-order valence-corrected chi connectivity index (χ3v) is 7.23. The van der Waals surface area contributed by atoms with Gasteiger partial charge in [0, 0.05) is 17.2 Å². The minimum absolute atomic E-state index is 0.0484. The Kier molecular flexibility index (Phi) is 5.81. The summed E-state index contributed by atoms with van der Waals surface area (Å²) >= 11 is 1.11. The minimum Gasteiger partial charge on any atom is -0.857 e. The van der Waals surface area contributed by atoms with E-state index in [1.54, 1.807) is 35.7 Å². The van der Waals surface area contributed by atoms with E-state index in [0.29, 0.717) is 5.92 Å². The molecule has 2 aromatic rings. The van der Waals surface area contributed by atoms with Crippen molar-refractivity contribution in [2.75, 3.05) is 4.72 Å². The molecule has 0 amide bonds. The first-order valence-corrected chi connectivity index (χ1v) is 11.4.